The monoisotopic (exact) mass is 228 g/mol. The van der Waals surface area contributed by atoms with Gasteiger partial charge in [0.2, 0.25) is 5.91 Å². The van der Waals surface area contributed by atoms with Gasteiger partial charge < -0.3 is 10.2 Å². The second-order valence-corrected chi connectivity index (χ2v) is 4.13. The van der Waals surface area contributed by atoms with Crippen LogP contribution in [0.1, 0.15) is 26.7 Å². The average Bonchev–Trinajstić information content (AvgIpc) is 2.24. The number of carbonyl (C=O) groups excluding carboxylic acids is 2. The molecule has 1 aliphatic rings. The predicted molar refractivity (Wildman–Crippen MR) is 60.4 cm³/mol. The first-order chi connectivity index (χ1) is 7.54. The fourth-order valence-corrected chi connectivity index (χ4v) is 1.55. The van der Waals surface area contributed by atoms with Crippen molar-refractivity contribution < 1.29 is 9.59 Å². The molecule has 92 valence electrons. The lowest BCUT2D eigenvalue weighted by Crippen LogP contribution is -2.55. The zero-order chi connectivity index (χ0) is 12.1. The molecule has 16 heavy (non-hydrogen) atoms. The number of nitrogens with zero attached hydrogens (tertiary/aromatic N) is 2. The highest BCUT2D eigenvalue weighted by Crippen LogP contribution is 2.04. The molecular formula is C10H20N4O2. The van der Waals surface area contributed by atoms with Gasteiger partial charge in [0.1, 0.15) is 6.54 Å². The van der Waals surface area contributed by atoms with Gasteiger partial charge >= 0.3 is 6.03 Å². The molecular weight excluding hydrogens is 208 g/mol. The third kappa shape index (κ3) is 3.37. The van der Waals surface area contributed by atoms with Gasteiger partial charge in [0, 0.05) is 19.1 Å². The molecule has 0 aromatic carbocycles. The van der Waals surface area contributed by atoms with Gasteiger partial charge in [-0.2, -0.15) is 0 Å². The molecule has 0 radical (unpaired) electrons. The Morgan fingerprint density at radius 1 is 1.56 bits per heavy atom. The van der Waals surface area contributed by atoms with Crippen LogP contribution in [0.5, 0.6) is 0 Å². The predicted octanol–water partition coefficient (Wildman–Crippen LogP) is -0.0975. The van der Waals surface area contributed by atoms with Crippen LogP contribution in [0.3, 0.4) is 0 Å². The number of amides is 3. The number of hydrogen-bond acceptors (Lipinski definition) is 3. The Morgan fingerprint density at radius 3 is 2.88 bits per heavy atom. The molecule has 1 unspecified atom stereocenters. The van der Waals surface area contributed by atoms with Gasteiger partial charge in [-0.25, -0.2) is 10.6 Å². The lowest BCUT2D eigenvalue weighted by atomic mass is 10.2. The maximum atomic E-state index is 11.6. The van der Waals surface area contributed by atoms with E-state index in [2.05, 4.69) is 5.32 Å². The Labute approximate surface area is 95.7 Å². The van der Waals surface area contributed by atoms with Gasteiger partial charge in [-0.05, 0) is 19.8 Å². The van der Waals surface area contributed by atoms with Crippen molar-refractivity contribution in [3.63, 3.8) is 0 Å². The third-order valence-electron chi connectivity index (χ3n) is 2.70. The molecule has 6 nitrogen and oxygen atoms in total. The largest absolute Gasteiger partial charge is 0.352 e. The highest BCUT2D eigenvalue weighted by atomic mass is 16.2. The maximum absolute atomic E-state index is 11.6. The summed E-state index contributed by atoms with van der Waals surface area (Å²) >= 11 is 0. The number of carbonyl (C=O) groups is 2. The molecule has 1 heterocycles. The normalized spacial score (nSPS) is 18.6. The van der Waals surface area contributed by atoms with E-state index in [1.54, 1.807) is 0 Å². The quantitative estimate of drug-likeness (QED) is 0.521. The number of nitrogens with one attached hydrogen (secondary N) is 1. The number of rotatable bonds is 4. The molecule has 1 saturated heterocycles. The van der Waals surface area contributed by atoms with E-state index in [4.69, 9.17) is 5.84 Å². The molecule has 0 saturated carbocycles. The topological polar surface area (TPSA) is 78.7 Å². The fourth-order valence-electron chi connectivity index (χ4n) is 1.55. The van der Waals surface area contributed by atoms with Crippen molar-refractivity contribution in [3.05, 3.63) is 0 Å². The summed E-state index contributed by atoms with van der Waals surface area (Å²) in [5.74, 6) is 5.36. The Hall–Kier alpha value is -1.30. The Kier molecular flexibility index (Phi) is 4.54. The number of hydrogen-bond donors (Lipinski definition) is 2. The van der Waals surface area contributed by atoms with Gasteiger partial charge in [-0.15, -0.1) is 0 Å². The molecule has 3 N–H and O–H groups in total. The van der Waals surface area contributed by atoms with Crippen molar-refractivity contribution in [1.29, 1.82) is 0 Å². The van der Waals surface area contributed by atoms with E-state index in [0.717, 1.165) is 17.9 Å². The molecule has 0 aromatic heterocycles. The van der Waals surface area contributed by atoms with E-state index in [1.165, 1.54) is 4.90 Å². The first-order valence-corrected chi connectivity index (χ1v) is 5.65. The lowest BCUT2D eigenvalue weighted by molar-refractivity contribution is -0.122. The van der Waals surface area contributed by atoms with Crippen LogP contribution in [0.15, 0.2) is 0 Å². The Bertz CT molecular complexity index is 270. The summed E-state index contributed by atoms with van der Waals surface area (Å²) in [5, 5.41) is 3.97. The summed E-state index contributed by atoms with van der Waals surface area (Å²) in [6.07, 6.45) is 1.68. The molecule has 1 rings (SSSR count). The van der Waals surface area contributed by atoms with E-state index >= 15 is 0 Å². The van der Waals surface area contributed by atoms with Crippen LogP contribution in [0.4, 0.5) is 4.79 Å². The molecule has 1 atom stereocenters. The number of nitrogens with two attached hydrogens (primary N) is 1. The lowest BCUT2D eigenvalue weighted by Gasteiger charge is -2.32. The van der Waals surface area contributed by atoms with Crippen LogP contribution in [-0.2, 0) is 4.79 Å². The summed E-state index contributed by atoms with van der Waals surface area (Å²) in [4.78, 5) is 24.6. The SMILES string of the molecule is CCC(C)NC(=O)CN1CCCN(N)C1=O. The zero-order valence-corrected chi connectivity index (χ0v) is 9.90. The van der Waals surface area contributed by atoms with Crippen molar-refractivity contribution in [1.82, 2.24) is 15.2 Å². The van der Waals surface area contributed by atoms with Crippen LogP contribution in [0, 0.1) is 0 Å². The smallest absolute Gasteiger partial charge is 0.334 e. The van der Waals surface area contributed by atoms with Gasteiger partial charge in [-0.1, -0.05) is 6.92 Å². The highest BCUT2D eigenvalue weighted by molar-refractivity contribution is 5.84. The molecule has 1 aliphatic heterocycles. The maximum Gasteiger partial charge on any atom is 0.334 e. The van der Waals surface area contributed by atoms with Crippen LogP contribution in [0.2, 0.25) is 0 Å². The molecule has 6 heteroatoms. The van der Waals surface area contributed by atoms with Crippen LogP contribution in [0.25, 0.3) is 0 Å². The summed E-state index contributed by atoms with van der Waals surface area (Å²) in [6.45, 7) is 5.18. The summed E-state index contributed by atoms with van der Waals surface area (Å²) in [7, 11) is 0. The van der Waals surface area contributed by atoms with E-state index in [9.17, 15) is 9.59 Å². The van der Waals surface area contributed by atoms with Crippen LogP contribution in [-0.4, -0.2) is 47.5 Å². The first kappa shape index (κ1) is 12.8. The minimum Gasteiger partial charge on any atom is -0.352 e. The summed E-state index contributed by atoms with van der Waals surface area (Å²) in [6, 6.07) is -0.132. The molecule has 0 spiro atoms. The standard InChI is InChI=1S/C10H20N4O2/c1-3-8(2)12-9(15)7-13-5-4-6-14(11)10(13)16/h8H,3-7,11H2,1-2H3,(H,12,15). The minimum absolute atomic E-state index is 0.0941. The third-order valence-corrected chi connectivity index (χ3v) is 2.70. The summed E-state index contributed by atoms with van der Waals surface area (Å²) < 4.78 is 0. The zero-order valence-electron chi connectivity index (χ0n) is 9.90. The molecule has 0 aliphatic carbocycles. The van der Waals surface area contributed by atoms with Crippen molar-refractivity contribution in [2.75, 3.05) is 19.6 Å². The minimum atomic E-state index is -0.273. The van der Waals surface area contributed by atoms with E-state index < -0.39 is 0 Å². The summed E-state index contributed by atoms with van der Waals surface area (Å²) in [5.41, 5.74) is 0. The van der Waals surface area contributed by atoms with Gasteiger partial charge in [-0.3, -0.25) is 9.80 Å². The van der Waals surface area contributed by atoms with E-state index in [1.807, 2.05) is 13.8 Å². The molecule has 3 amide bonds. The second-order valence-electron chi connectivity index (χ2n) is 4.13. The van der Waals surface area contributed by atoms with Crippen molar-refractivity contribution in [2.45, 2.75) is 32.7 Å². The molecule has 0 aromatic rings. The Balaban J connectivity index is 2.41. The van der Waals surface area contributed by atoms with Crippen molar-refractivity contribution in [2.24, 2.45) is 5.84 Å². The van der Waals surface area contributed by atoms with E-state index in [0.29, 0.717) is 13.1 Å². The van der Waals surface area contributed by atoms with Crippen molar-refractivity contribution >= 4 is 11.9 Å². The van der Waals surface area contributed by atoms with Gasteiger partial charge in [0.15, 0.2) is 0 Å². The van der Waals surface area contributed by atoms with Crippen LogP contribution >= 0.6 is 0 Å². The Morgan fingerprint density at radius 2 is 2.25 bits per heavy atom. The van der Waals surface area contributed by atoms with Gasteiger partial charge in [0.25, 0.3) is 0 Å². The molecule has 0 bridgehead atoms. The second kappa shape index (κ2) is 5.69. The van der Waals surface area contributed by atoms with Crippen LogP contribution < -0.4 is 11.2 Å². The fraction of sp³-hybridized carbons (Fsp3) is 0.800. The highest BCUT2D eigenvalue weighted by Gasteiger charge is 2.25. The molecule has 1 fully saturated rings. The van der Waals surface area contributed by atoms with Gasteiger partial charge in [0.05, 0.1) is 0 Å². The van der Waals surface area contributed by atoms with E-state index in [-0.39, 0.29) is 24.5 Å². The first-order valence-electron chi connectivity index (χ1n) is 5.65. The number of hydrazine groups is 1. The number of urea groups is 1. The average molecular weight is 228 g/mol. The van der Waals surface area contributed by atoms with Crippen molar-refractivity contribution in [3.8, 4) is 0 Å².